The van der Waals surface area contributed by atoms with Crippen LogP contribution in [-0.2, 0) is 16.0 Å². The van der Waals surface area contributed by atoms with E-state index in [1.165, 1.54) is 0 Å². The first-order valence-electron chi connectivity index (χ1n) is 6.36. The zero-order valence-corrected chi connectivity index (χ0v) is 11.7. The third kappa shape index (κ3) is 3.33. The van der Waals surface area contributed by atoms with Crippen molar-refractivity contribution in [3.05, 3.63) is 29.8 Å². The molecule has 18 heavy (non-hydrogen) atoms. The molecule has 1 rings (SSSR count). The van der Waals surface area contributed by atoms with Gasteiger partial charge in [-0.3, -0.25) is 4.79 Å². The van der Waals surface area contributed by atoms with Crippen molar-refractivity contribution in [1.82, 2.24) is 0 Å². The van der Waals surface area contributed by atoms with Gasteiger partial charge in [-0.15, -0.1) is 0 Å². The molecule has 0 saturated heterocycles. The molecular weight excluding hydrogens is 228 g/mol. The highest BCUT2D eigenvalue weighted by Gasteiger charge is 2.31. The van der Waals surface area contributed by atoms with Gasteiger partial charge in [0.25, 0.3) is 0 Å². The van der Waals surface area contributed by atoms with Gasteiger partial charge in [-0.25, -0.2) is 0 Å². The normalized spacial score (nSPS) is 14.0. The van der Waals surface area contributed by atoms with E-state index in [2.05, 4.69) is 0 Å². The number of ether oxygens (including phenoxy) is 2. The van der Waals surface area contributed by atoms with Crippen LogP contribution in [-0.4, -0.2) is 25.1 Å². The van der Waals surface area contributed by atoms with Gasteiger partial charge in [0.1, 0.15) is 11.4 Å². The Balaban J connectivity index is 2.86. The number of para-hydroxylation sites is 1. The first-order valence-corrected chi connectivity index (χ1v) is 6.36. The van der Waals surface area contributed by atoms with Crippen LogP contribution in [0, 0.1) is 0 Å². The summed E-state index contributed by atoms with van der Waals surface area (Å²) in [6.07, 6.45) is 1.02. The molecule has 100 valence electrons. The average molecular weight is 250 g/mol. The number of hydrogen-bond donors (Lipinski definition) is 0. The Labute approximate surface area is 109 Å². The summed E-state index contributed by atoms with van der Waals surface area (Å²) in [4.78, 5) is 12.3. The van der Waals surface area contributed by atoms with Crippen LogP contribution >= 0.6 is 0 Å². The number of carbonyl (C=O) groups is 1. The summed E-state index contributed by atoms with van der Waals surface area (Å²) in [6, 6.07) is 7.59. The Morgan fingerprint density at radius 1 is 1.28 bits per heavy atom. The molecule has 0 radical (unpaired) electrons. The van der Waals surface area contributed by atoms with E-state index < -0.39 is 5.60 Å². The molecule has 0 aliphatic rings. The third-order valence-electron chi connectivity index (χ3n) is 3.27. The van der Waals surface area contributed by atoms with Crippen LogP contribution in [0.1, 0.15) is 32.8 Å². The lowest BCUT2D eigenvalue weighted by atomic mass is 9.92. The van der Waals surface area contributed by atoms with Gasteiger partial charge in [0.15, 0.2) is 5.78 Å². The molecule has 0 bridgehead atoms. The number of hydrogen-bond acceptors (Lipinski definition) is 3. The van der Waals surface area contributed by atoms with Gasteiger partial charge in [-0.1, -0.05) is 25.1 Å². The molecule has 3 heteroatoms. The minimum absolute atomic E-state index is 0.0938. The van der Waals surface area contributed by atoms with E-state index in [0.717, 1.165) is 11.3 Å². The maximum Gasteiger partial charge on any atom is 0.168 e. The fraction of sp³-hybridized carbons (Fsp3) is 0.533. The predicted molar refractivity (Wildman–Crippen MR) is 72.0 cm³/mol. The van der Waals surface area contributed by atoms with Gasteiger partial charge in [-0.2, -0.15) is 0 Å². The summed E-state index contributed by atoms with van der Waals surface area (Å²) in [6.45, 7) is 6.27. The maximum atomic E-state index is 12.3. The number of methoxy groups -OCH3 is 1. The molecule has 0 spiro atoms. The number of carbonyl (C=O) groups excluding carboxylic acids is 1. The molecule has 1 atom stereocenters. The van der Waals surface area contributed by atoms with Crippen molar-refractivity contribution in [3.8, 4) is 5.75 Å². The molecule has 0 aliphatic carbocycles. The highest BCUT2D eigenvalue weighted by atomic mass is 16.5. The van der Waals surface area contributed by atoms with Crippen LogP contribution < -0.4 is 4.74 Å². The SMILES string of the molecule is CCOC(C)(CC)C(=O)Cc1ccccc1OC. The van der Waals surface area contributed by atoms with Crippen LogP contribution in [0.25, 0.3) is 0 Å². The molecule has 0 fully saturated rings. The first kappa shape index (κ1) is 14.7. The van der Waals surface area contributed by atoms with Crippen molar-refractivity contribution in [2.24, 2.45) is 0 Å². The van der Waals surface area contributed by atoms with Gasteiger partial charge in [0.2, 0.25) is 0 Å². The lowest BCUT2D eigenvalue weighted by molar-refractivity contribution is -0.141. The summed E-state index contributed by atoms with van der Waals surface area (Å²) in [7, 11) is 1.62. The lowest BCUT2D eigenvalue weighted by Crippen LogP contribution is -2.39. The number of ketones is 1. The van der Waals surface area contributed by atoms with Gasteiger partial charge in [0.05, 0.1) is 7.11 Å². The molecule has 0 saturated carbocycles. The summed E-state index contributed by atoms with van der Waals surface area (Å²) in [5.41, 5.74) is 0.208. The third-order valence-corrected chi connectivity index (χ3v) is 3.27. The van der Waals surface area contributed by atoms with Gasteiger partial charge >= 0.3 is 0 Å². The zero-order valence-electron chi connectivity index (χ0n) is 11.7. The highest BCUT2D eigenvalue weighted by Crippen LogP contribution is 2.23. The summed E-state index contributed by atoms with van der Waals surface area (Å²) >= 11 is 0. The zero-order chi connectivity index (χ0) is 13.6. The van der Waals surface area contributed by atoms with E-state index in [9.17, 15) is 4.79 Å². The van der Waals surface area contributed by atoms with Crippen LogP contribution in [0.2, 0.25) is 0 Å². The second-order valence-electron chi connectivity index (χ2n) is 4.43. The monoisotopic (exact) mass is 250 g/mol. The van der Waals surface area contributed by atoms with Crippen molar-refractivity contribution in [2.45, 2.75) is 39.2 Å². The molecule has 0 aliphatic heterocycles. The first-order chi connectivity index (χ1) is 8.57. The van der Waals surface area contributed by atoms with Crippen molar-refractivity contribution >= 4 is 5.78 Å². The summed E-state index contributed by atoms with van der Waals surface area (Å²) in [5.74, 6) is 0.845. The second-order valence-corrected chi connectivity index (χ2v) is 4.43. The minimum Gasteiger partial charge on any atom is -0.496 e. The smallest absolute Gasteiger partial charge is 0.168 e. The molecule has 1 unspecified atom stereocenters. The van der Waals surface area contributed by atoms with Crippen molar-refractivity contribution in [3.63, 3.8) is 0 Å². The molecule has 0 amide bonds. The molecule has 1 aromatic rings. The summed E-state index contributed by atoms with van der Waals surface area (Å²) in [5, 5.41) is 0. The Kier molecular flexibility index (Phi) is 5.35. The fourth-order valence-electron chi connectivity index (χ4n) is 1.91. The summed E-state index contributed by atoms with van der Waals surface area (Å²) < 4.78 is 10.9. The van der Waals surface area contributed by atoms with Crippen molar-refractivity contribution in [2.75, 3.05) is 13.7 Å². The standard InChI is InChI=1S/C15H22O3/c1-5-15(3,18-6-2)14(16)11-12-9-7-8-10-13(12)17-4/h7-10H,5-6,11H2,1-4H3. The Morgan fingerprint density at radius 2 is 1.94 bits per heavy atom. The lowest BCUT2D eigenvalue weighted by Gasteiger charge is -2.26. The molecule has 0 aromatic heterocycles. The Morgan fingerprint density at radius 3 is 2.50 bits per heavy atom. The Hall–Kier alpha value is -1.35. The second kappa shape index (κ2) is 6.55. The molecule has 3 nitrogen and oxygen atoms in total. The van der Waals surface area contributed by atoms with E-state index in [1.54, 1.807) is 7.11 Å². The van der Waals surface area contributed by atoms with E-state index >= 15 is 0 Å². The predicted octanol–water partition coefficient (Wildman–Crippen LogP) is 3.01. The van der Waals surface area contributed by atoms with Crippen LogP contribution in [0.3, 0.4) is 0 Å². The van der Waals surface area contributed by atoms with Gasteiger partial charge < -0.3 is 9.47 Å². The maximum absolute atomic E-state index is 12.3. The van der Waals surface area contributed by atoms with Gasteiger partial charge in [-0.05, 0) is 26.3 Å². The average Bonchev–Trinajstić information content (AvgIpc) is 2.39. The molecule has 0 N–H and O–H groups in total. The Bertz CT molecular complexity index is 400. The molecule has 1 aromatic carbocycles. The number of Topliss-reactive ketones (excluding diaryl/α,β-unsaturated/α-hetero) is 1. The van der Waals surface area contributed by atoms with Crippen LogP contribution in [0.15, 0.2) is 24.3 Å². The highest BCUT2D eigenvalue weighted by molar-refractivity contribution is 5.89. The van der Waals surface area contributed by atoms with E-state index in [4.69, 9.17) is 9.47 Å². The van der Waals surface area contributed by atoms with Crippen LogP contribution in [0.4, 0.5) is 0 Å². The van der Waals surface area contributed by atoms with Gasteiger partial charge in [0, 0.05) is 18.6 Å². The van der Waals surface area contributed by atoms with Crippen molar-refractivity contribution in [1.29, 1.82) is 0 Å². The largest absolute Gasteiger partial charge is 0.496 e. The number of benzene rings is 1. The van der Waals surface area contributed by atoms with E-state index in [1.807, 2.05) is 45.0 Å². The molecular formula is C15H22O3. The van der Waals surface area contributed by atoms with E-state index in [-0.39, 0.29) is 5.78 Å². The fourth-order valence-corrected chi connectivity index (χ4v) is 1.91. The molecule has 0 heterocycles. The quantitative estimate of drug-likeness (QED) is 0.746. The topological polar surface area (TPSA) is 35.5 Å². The minimum atomic E-state index is -0.699. The van der Waals surface area contributed by atoms with Crippen molar-refractivity contribution < 1.29 is 14.3 Å². The van der Waals surface area contributed by atoms with E-state index in [0.29, 0.717) is 19.4 Å². The van der Waals surface area contributed by atoms with Crippen LogP contribution in [0.5, 0.6) is 5.75 Å². The number of rotatable bonds is 7.